The summed E-state index contributed by atoms with van der Waals surface area (Å²) in [4.78, 5) is 12.5. The number of hydrogen-bond acceptors (Lipinski definition) is 6. The summed E-state index contributed by atoms with van der Waals surface area (Å²) in [6.45, 7) is 6.21. The van der Waals surface area contributed by atoms with Crippen LogP contribution in [0.3, 0.4) is 0 Å². The fourth-order valence-corrected chi connectivity index (χ4v) is 3.20. The first-order valence-electron chi connectivity index (χ1n) is 10.1. The molecule has 0 bridgehead atoms. The number of nitrogens with zero attached hydrogens (tertiary/aromatic N) is 3. The molecule has 1 aliphatic heterocycles. The van der Waals surface area contributed by atoms with Crippen molar-refractivity contribution in [3.63, 3.8) is 0 Å². The number of benzene rings is 2. The van der Waals surface area contributed by atoms with Crippen molar-refractivity contribution in [3.8, 4) is 17.6 Å². The number of unbranched alkanes of at least 4 members (excludes halogenated alkanes) is 1. The number of para-hydroxylation sites is 1. The van der Waals surface area contributed by atoms with E-state index in [9.17, 15) is 9.90 Å². The third kappa shape index (κ3) is 5.11. The van der Waals surface area contributed by atoms with Gasteiger partial charge in [-0.3, -0.25) is 10.2 Å². The van der Waals surface area contributed by atoms with Crippen LogP contribution in [-0.4, -0.2) is 45.7 Å². The molecule has 31 heavy (non-hydrogen) atoms. The first kappa shape index (κ1) is 22.1. The van der Waals surface area contributed by atoms with E-state index in [1.54, 1.807) is 25.1 Å². The van der Waals surface area contributed by atoms with E-state index in [2.05, 4.69) is 27.5 Å². The first-order valence-corrected chi connectivity index (χ1v) is 10.1. The minimum atomic E-state index is -0.312. The molecule has 7 nitrogen and oxygen atoms in total. The zero-order chi connectivity index (χ0) is 22.4. The van der Waals surface area contributed by atoms with E-state index in [0.717, 1.165) is 16.7 Å². The quantitative estimate of drug-likeness (QED) is 0.290. The molecule has 1 amide bonds. The van der Waals surface area contributed by atoms with Gasteiger partial charge in [-0.15, -0.1) is 0 Å². The summed E-state index contributed by atoms with van der Waals surface area (Å²) < 4.78 is 0. The lowest BCUT2D eigenvalue weighted by Crippen LogP contribution is -2.29. The molecule has 0 saturated carbocycles. The molecule has 0 unspecified atom stereocenters. The average Bonchev–Trinajstić information content (AvgIpc) is 3.01. The number of aromatic hydroxyl groups is 1. The van der Waals surface area contributed by atoms with E-state index in [0.29, 0.717) is 36.3 Å². The summed E-state index contributed by atoms with van der Waals surface area (Å²) in [5.41, 5.74) is 7.34. The Morgan fingerprint density at radius 1 is 1.06 bits per heavy atom. The Hall–Kier alpha value is -3.63. The van der Waals surface area contributed by atoms with Gasteiger partial charge in [0.2, 0.25) is 0 Å². The zero-order valence-electron chi connectivity index (χ0n) is 17.9. The molecule has 3 rings (SSSR count). The average molecular weight is 418 g/mol. The Bertz CT molecular complexity index is 1090. The lowest BCUT2D eigenvalue weighted by Gasteiger charge is -2.10. The molecule has 0 aliphatic carbocycles. The number of phenols is 1. The molecule has 0 fully saturated rings. The van der Waals surface area contributed by atoms with Crippen molar-refractivity contribution >= 4 is 23.0 Å². The molecule has 0 radical (unpaired) electrons. The number of hydrazone groups is 2. The maximum absolute atomic E-state index is 12.5. The van der Waals surface area contributed by atoms with E-state index in [-0.39, 0.29) is 24.0 Å². The van der Waals surface area contributed by atoms with Crippen molar-refractivity contribution in [2.24, 2.45) is 10.2 Å². The smallest absolute Gasteiger partial charge is 0.296 e. The molecule has 7 heteroatoms. The molecular weight excluding hydrogens is 392 g/mol. The first-order chi connectivity index (χ1) is 14.9. The van der Waals surface area contributed by atoms with E-state index in [4.69, 9.17) is 5.11 Å². The van der Waals surface area contributed by atoms with Crippen molar-refractivity contribution in [3.05, 3.63) is 58.7 Å². The molecule has 1 aliphatic rings. The van der Waals surface area contributed by atoms with Gasteiger partial charge in [-0.1, -0.05) is 36.1 Å². The Morgan fingerprint density at radius 2 is 1.77 bits per heavy atom. The van der Waals surface area contributed by atoms with Crippen LogP contribution in [-0.2, 0) is 4.79 Å². The molecule has 2 aromatic rings. The highest BCUT2D eigenvalue weighted by molar-refractivity contribution is 6.68. The zero-order valence-corrected chi connectivity index (χ0v) is 17.9. The number of aliphatic hydroxyl groups is 1. The summed E-state index contributed by atoms with van der Waals surface area (Å²) in [6.07, 6.45) is 1.26. The van der Waals surface area contributed by atoms with Gasteiger partial charge in [0.1, 0.15) is 0 Å². The maximum Gasteiger partial charge on any atom is 0.296 e. The standard InChI is InChI=1S/C24H26N4O3/c1-16-8-6-9-17(2)20(16)13-12-19-10-7-11-21(23(19)30)25-26-22-18(3)27-28(24(22)31)14-4-5-15-29/h6-11,25,29-30H,4-5,14-15H2,1-3H3. The van der Waals surface area contributed by atoms with Gasteiger partial charge in [-0.25, -0.2) is 5.01 Å². The van der Waals surface area contributed by atoms with Crippen molar-refractivity contribution in [1.29, 1.82) is 0 Å². The number of carbonyl (C=O) groups is 1. The summed E-state index contributed by atoms with van der Waals surface area (Å²) in [7, 11) is 0. The monoisotopic (exact) mass is 418 g/mol. The lowest BCUT2D eigenvalue weighted by atomic mass is 10.0. The number of aryl methyl sites for hydroxylation is 2. The normalized spacial score (nSPS) is 14.5. The number of aliphatic hydroxyl groups excluding tert-OH is 1. The summed E-state index contributed by atoms with van der Waals surface area (Å²) in [5.74, 6) is 5.81. The van der Waals surface area contributed by atoms with Crippen LogP contribution < -0.4 is 5.43 Å². The van der Waals surface area contributed by atoms with Gasteiger partial charge in [-0.05, 0) is 56.9 Å². The van der Waals surface area contributed by atoms with Crippen LogP contribution in [0.1, 0.15) is 42.0 Å². The fourth-order valence-electron chi connectivity index (χ4n) is 3.20. The molecule has 1 heterocycles. The number of hydrogen-bond donors (Lipinski definition) is 3. The van der Waals surface area contributed by atoms with Crippen molar-refractivity contribution in [2.75, 3.05) is 18.6 Å². The molecule has 0 atom stereocenters. The predicted octanol–water partition coefficient (Wildman–Crippen LogP) is 3.17. The molecule has 3 N–H and O–H groups in total. The molecule has 2 aromatic carbocycles. The topological polar surface area (TPSA) is 97.5 Å². The third-order valence-electron chi connectivity index (χ3n) is 4.96. The Morgan fingerprint density at radius 3 is 2.48 bits per heavy atom. The SMILES string of the molecule is CC1=NN(CCCCO)C(=O)C1=NNc1cccc(C#Cc2c(C)cccc2C)c1O. The van der Waals surface area contributed by atoms with E-state index in [1.807, 2.05) is 32.0 Å². The third-order valence-corrected chi connectivity index (χ3v) is 4.96. The number of anilines is 1. The van der Waals surface area contributed by atoms with Crippen LogP contribution in [0.5, 0.6) is 5.75 Å². The highest BCUT2D eigenvalue weighted by atomic mass is 16.3. The van der Waals surface area contributed by atoms with Gasteiger partial charge in [0.25, 0.3) is 5.91 Å². The minimum Gasteiger partial charge on any atom is -0.504 e. The molecule has 0 aromatic heterocycles. The van der Waals surface area contributed by atoms with Gasteiger partial charge in [0.15, 0.2) is 11.5 Å². The Balaban J connectivity index is 1.78. The van der Waals surface area contributed by atoms with Crippen LogP contribution in [0.25, 0.3) is 0 Å². The van der Waals surface area contributed by atoms with Crippen molar-refractivity contribution in [2.45, 2.75) is 33.6 Å². The van der Waals surface area contributed by atoms with E-state index >= 15 is 0 Å². The number of amides is 1. The number of rotatable bonds is 6. The van der Waals surface area contributed by atoms with Crippen LogP contribution in [0, 0.1) is 25.7 Å². The van der Waals surface area contributed by atoms with Gasteiger partial charge in [0.05, 0.1) is 17.0 Å². The molecular formula is C24H26N4O3. The van der Waals surface area contributed by atoms with E-state index < -0.39 is 0 Å². The molecule has 0 saturated heterocycles. The summed E-state index contributed by atoms with van der Waals surface area (Å²) in [5, 5.41) is 29.2. The van der Waals surface area contributed by atoms with Crippen LogP contribution >= 0.6 is 0 Å². The fraction of sp³-hybridized carbons (Fsp3) is 0.292. The second kappa shape index (κ2) is 9.92. The van der Waals surface area contributed by atoms with Gasteiger partial charge in [0, 0.05) is 18.7 Å². The maximum atomic E-state index is 12.5. The summed E-state index contributed by atoms with van der Waals surface area (Å²) in [6, 6.07) is 11.1. The second-order valence-electron chi connectivity index (χ2n) is 7.34. The van der Waals surface area contributed by atoms with Gasteiger partial charge >= 0.3 is 0 Å². The Labute approximate surface area is 182 Å². The highest BCUT2D eigenvalue weighted by Crippen LogP contribution is 2.27. The van der Waals surface area contributed by atoms with Crippen molar-refractivity contribution in [1.82, 2.24) is 5.01 Å². The molecule has 160 valence electrons. The molecule has 0 spiro atoms. The second-order valence-corrected chi connectivity index (χ2v) is 7.34. The van der Waals surface area contributed by atoms with Gasteiger partial charge in [-0.2, -0.15) is 10.2 Å². The number of phenolic OH excluding ortho intramolecular Hbond substituents is 1. The lowest BCUT2D eigenvalue weighted by molar-refractivity contribution is -0.123. The number of nitrogens with one attached hydrogen (secondary N) is 1. The minimum absolute atomic E-state index is 0.0366. The van der Waals surface area contributed by atoms with Crippen LogP contribution in [0.4, 0.5) is 5.69 Å². The number of carbonyl (C=O) groups excluding carboxylic acids is 1. The van der Waals surface area contributed by atoms with Crippen LogP contribution in [0.15, 0.2) is 46.6 Å². The van der Waals surface area contributed by atoms with E-state index in [1.165, 1.54) is 5.01 Å². The van der Waals surface area contributed by atoms with Crippen molar-refractivity contribution < 1.29 is 15.0 Å². The van der Waals surface area contributed by atoms with Crippen LogP contribution in [0.2, 0.25) is 0 Å². The largest absolute Gasteiger partial charge is 0.504 e. The Kier molecular flexibility index (Phi) is 7.06. The van der Waals surface area contributed by atoms with Gasteiger partial charge < -0.3 is 10.2 Å². The highest BCUT2D eigenvalue weighted by Gasteiger charge is 2.29. The predicted molar refractivity (Wildman–Crippen MR) is 122 cm³/mol. The summed E-state index contributed by atoms with van der Waals surface area (Å²) >= 11 is 0.